The van der Waals surface area contributed by atoms with E-state index in [4.69, 9.17) is 5.26 Å². The van der Waals surface area contributed by atoms with E-state index in [1.165, 1.54) is 12.2 Å². The van der Waals surface area contributed by atoms with Crippen LogP contribution in [0, 0.1) is 11.3 Å². The van der Waals surface area contributed by atoms with E-state index in [1.807, 2.05) is 0 Å². The molecule has 1 aliphatic rings. The zero-order valence-electron chi connectivity index (χ0n) is 13.3. The molecule has 7 heteroatoms. The molecule has 0 saturated carbocycles. The highest BCUT2D eigenvalue weighted by molar-refractivity contribution is 7.89. The van der Waals surface area contributed by atoms with Crippen molar-refractivity contribution in [2.24, 2.45) is 0 Å². The zero-order valence-corrected chi connectivity index (χ0v) is 14.2. The molecule has 24 heavy (non-hydrogen) atoms. The summed E-state index contributed by atoms with van der Waals surface area (Å²) in [5.74, 6) is -0.613. The van der Waals surface area contributed by atoms with Crippen LogP contribution in [0.1, 0.15) is 31.2 Å². The molecular weight excluding hydrogens is 328 g/mol. The Balaban J connectivity index is 2.06. The zero-order chi connectivity index (χ0) is 17.4. The van der Waals surface area contributed by atoms with E-state index in [-0.39, 0.29) is 11.5 Å². The van der Waals surface area contributed by atoms with Gasteiger partial charge in [-0.3, -0.25) is 0 Å². The molecular formula is C17H20N2O4S. The molecule has 1 saturated heterocycles. The smallest absolute Gasteiger partial charge is 0.331 e. The van der Waals surface area contributed by atoms with Gasteiger partial charge < -0.3 is 4.74 Å². The van der Waals surface area contributed by atoms with Crippen molar-refractivity contribution < 1.29 is 17.9 Å². The predicted molar refractivity (Wildman–Crippen MR) is 89.3 cm³/mol. The molecule has 0 aromatic heterocycles. The molecule has 1 aromatic carbocycles. The minimum atomic E-state index is -3.46. The summed E-state index contributed by atoms with van der Waals surface area (Å²) in [7, 11) is -3.46. The van der Waals surface area contributed by atoms with Gasteiger partial charge in [0.1, 0.15) is 6.07 Å². The van der Waals surface area contributed by atoms with Crippen LogP contribution in [0.2, 0.25) is 0 Å². The minimum absolute atomic E-state index is 0.258. The van der Waals surface area contributed by atoms with Crippen molar-refractivity contribution in [2.75, 3.05) is 19.7 Å². The van der Waals surface area contributed by atoms with Gasteiger partial charge in [0.25, 0.3) is 0 Å². The Morgan fingerprint density at radius 2 is 1.79 bits per heavy atom. The van der Waals surface area contributed by atoms with Gasteiger partial charge in [-0.25, -0.2) is 13.2 Å². The Labute approximate surface area is 142 Å². The summed E-state index contributed by atoms with van der Waals surface area (Å²) in [6, 6.07) is 8.07. The van der Waals surface area contributed by atoms with Crippen molar-refractivity contribution >= 4 is 22.1 Å². The van der Waals surface area contributed by atoms with Crippen LogP contribution in [-0.4, -0.2) is 38.4 Å². The molecule has 6 nitrogen and oxygen atoms in total. The van der Waals surface area contributed by atoms with Crippen LogP contribution >= 0.6 is 0 Å². The van der Waals surface area contributed by atoms with Crippen molar-refractivity contribution in [1.29, 1.82) is 5.26 Å². The highest BCUT2D eigenvalue weighted by Gasteiger charge is 2.24. The average molecular weight is 348 g/mol. The lowest BCUT2D eigenvalue weighted by Gasteiger charge is -2.19. The molecule has 0 atom stereocenters. The van der Waals surface area contributed by atoms with Crippen LogP contribution in [0.25, 0.3) is 6.08 Å². The SMILES string of the molecule is N#CCOC(=O)/C=C/c1ccc(S(=O)(=O)N2CCCCCC2)cc1. The number of carbonyl (C=O) groups excluding carboxylic acids is 1. The molecule has 0 N–H and O–H groups in total. The Morgan fingerprint density at radius 1 is 1.17 bits per heavy atom. The van der Waals surface area contributed by atoms with E-state index >= 15 is 0 Å². The number of hydrogen-bond acceptors (Lipinski definition) is 5. The van der Waals surface area contributed by atoms with Gasteiger partial charge in [-0.1, -0.05) is 25.0 Å². The Kier molecular flexibility index (Phi) is 6.53. The third kappa shape index (κ3) is 4.91. The second kappa shape index (κ2) is 8.62. The monoisotopic (exact) mass is 348 g/mol. The van der Waals surface area contributed by atoms with E-state index in [9.17, 15) is 13.2 Å². The molecule has 0 bridgehead atoms. The number of rotatable bonds is 5. The first-order valence-corrected chi connectivity index (χ1v) is 9.30. The van der Waals surface area contributed by atoms with Gasteiger partial charge in [0.05, 0.1) is 4.90 Å². The summed E-state index contributed by atoms with van der Waals surface area (Å²) < 4.78 is 31.4. The molecule has 2 rings (SSSR count). The minimum Gasteiger partial charge on any atom is -0.447 e. The number of sulfonamides is 1. The van der Waals surface area contributed by atoms with Gasteiger partial charge in [-0.05, 0) is 36.6 Å². The summed E-state index contributed by atoms with van der Waals surface area (Å²) in [6.45, 7) is 0.833. The number of hydrogen-bond donors (Lipinski definition) is 0. The maximum atomic E-state index is 12.6. The van der Waals surface area contributed by atoms with Crippen molar-refractivity contribution in [2.45, 2.75) is 30.6 Å². The fourth-order valence-corrected chi connectivity index (χ4v) is 4.01. The number of nitrogens with zero attached hydrogens (tertiary/aromatic N) is 2. The Bertz CT molecular complexity index is 725. The highest BCUT2D eigenvalue weighted by Crippen LogP contribution is 2.20. The normalized spacial score (nSPS) is 16.5. The van der Waals surface area contributed by atoms with Crippen LogP contribution in [0.4, 0.5) is 0 Å². The lowest BCUT2D eigenvalue weighted by atomic mass is 10.2. The predicted octanol–water partition coefficient (Wildman–Crippen LogP) is 2.33. The van der Waals surface area contributed by atoms with Crippen LogP contribution in [0.5, 0.6) is 0 Å². The summed E-state index contributed by atoms with van der Waals surface area (Å²) >= 11 is 0. The maximum absolute atomic E-state index is 12.6. The quantitative estimate of drug-likeness (QED) is 0.602. The average Bonchev–Trinajstić information content (AvgIpc) is 2.88. The lowest BCUT2D eigenvalue weighted by molar-refractivity contribution is -0.136. The number of benzene rings is 1. The van der Waals surface area contributed by atoms with Crippen molar-refractivity contribution in [1.82, 2.24) is 4.31 Å². The van der Waals surface area contributed by atoms with Gasteiger partial charge in [-0.2, -0.15) is 9.57 Å². The van der Waals surface area contributed by atoms with Crippen molar-refractivity contribution in [3.63, 3.8) is 0 Å². The fraction of sp³-hybridized carbons (Fsp3) is 0.412. The first-order valence-electron chi connectivity index (χ1n) is 7.86. The second-order valence-electron chi connectivity index (χ2n) is 5.49. The van der Waals surface area contributed by atoms with Crippen LogP contribution in [0.15, 0.2) is 35.2 Å². The molecule has 0 aliphatic carbocycles. The second-order valence-corrected chi connectivity index (χ2v) is 7.42. The fourth-order valence-electron chi connectivity index (χ4n) is 2.50. The standard InChI is InChI=1S/C17H20N2O4S/c18-11-14-23-17(20)10-7-15-5-8-16(9-6-15)24(21,22)19-12-3-1-2-4-13-19/h5-10H,1-4,12-14H2/b10-7+. The largest absolute Gasteiger partial charge is 0.447 e. The number of nitriles is 1. The topological polar surface area (TPSA) is 87.5 Å². The number of carbonyl (C=O) groups is 1. The first kappa shape index (κ1) is 18.2. The van der Waals surface area contributed by atoms with Gasteiger partial charge in [0.15, 0.2) is 6.61 Å². The third-order valence-electron chi connectivity index (χ3n) is 3.77. The van der Waals surface area contributed by atoms with Gasteiger partial charge in [-0.15, -0.1) is 0 Å². The first-order chi connectivity index (χ1) is 11.5. The van der Waals surface area contributed by atoms with Gasteiger partial charge in [0.2, 0.25) is 10.0 Å². The van der Waals surface area contributed by atoms with Crippen LogP contribution < -0.4 is 0 Å². The van der Waals surface area contributed by atoms with E-state index in [0.29, 0.717) is 18.7 Å². The summed E-state index contributed by atoms with van der Waals surface area (Å²) in [6.07, 6.45) is 6.64. The van der Waals surface area contributed by atoms with Gasteiger partial charge in [0, 0.05) is 19.2 Å². The third-order valence-corrected chi connectivity index (χ3v) is 5.69. The van der Waals surface area contributed by atoms with E-state index in [1.54, 1.807) is 34.6 Å². The highest BCUT2D eigenvalue weighted by atomic mass is 32.2. The van der Waals surface area contributed by atoms with E-state index in [0.717, 1.165) is 25.7 Å². The summed E-state index contributed by atoms with van der Waals surface area (Å²) in [5, 5.41) is 8.32. The van der Waals surface area contributed by atoms with Crippen molar-refractivity contribution in [3.05, 3.63) is 35.9 Å². The van der Waals surface area contributed by atoms with E-state index < -0.39 is 16.0 Å². The molecule has 0 amide bonds. The van der Waals surface area contributed by atoms with E-state index in [2.05, 4.69) is 4.74 Å². The molecule has 1 aliphatic heterocycles. The molecule has 1 heterocycles. The van der Waals surface area contributed by atoms with Crippen molar-refractivity contribution in [3.8, 4) is 6.07 Å². The molecule has 0 spiro atoms. The molecule has 0 radical (unpaired) electrons. The Morgan fingerprint density at radius 3 is 2.38 bits per heavy atom. The van der Waals surface area contributed by atoms with Crippen LogP contribution in [0.3, 0.4) is 0 Å². The molecule has 1 fully saturated rings. The maximum Gasteiger partial charge on any atom is 0.331 e. The van der Waals surface area contributed by atoms with Gasteiger partial charge >= 0.3 is 5.97 Å². The Hall–Kier alpha value is -2.17. The molecule has 0 unspecified atom stereocenters. The number of ether oxygens (including phenoxy) is 1. The lowest BCUT2D eigenvalue weighted by Crippen LogP contribution is -2.31. The molecule has 1 aromatic rings. The van der Waals surface area contributed by atoms with Crippen LogP contribution in [-0.2, 0) is 19.6 Å². The molecule has 128 valence electrons. The summed E-state index contributed by atoms with van der Waals surface area (Å²) in [5.41, 5.74) is 0.679. The summed E-state index contributed by atoms with van der Waals surface area (Å²) in [4.78, 5) is 11.5. The number of esters is 1.